The van der Waals surface area contributed by atoms with Crippen molar-refractivity contribution in [1.29, 1.82) is 0 Å². The fourth-order valence-corrected chi connectivity index (χ4v) is 3.80. The molecule has 0 aromatic heterocycles. The van der Waals surface area contributed by atoms with E-state index in [0.717, 1.165) is 24.2 Å². The summed E-state index contributed by atoms with van der Waals surface area (Å²) in [5.74, 6) is 2.19. The second-order valence-electron chi connectivity index (χ2n) is 5.18. The van der Waals surface area contributed by atoms with E-state index in [9.17, 15) is 9.00 Å². The van der Waals surface area contributed by atoms with Crippen LogP contribution in [0.3, 0.4) is 0 Å². The highest BCUT2D eigenvalue weighted by atomic mass is 32.2. The van der Waals surface area contributed by atoms with Gasteiger partial charge in [0.25, 0.3) is 5.91 Å². The number of benzene rings is 1. The molecule has 1 fully saturated rings. The first-order valence-corrected chi connectivity index (χ1v) is 8.28. The number of nitrogens with zero attached hydrogens (tertiary/aromatic N) is 1. The molecule has 0 atom stereocenters. The van der Waals surface area contributed by atoms with Gasteiger partial charge in [0.15, 0.2) is 0 Å². The van der Waals surface area contributed by atoms with E-state index in [1.54, 1.807) is 12.0 Å². The van der Waals surface area contributed by atoms with E-state index in [0.29, 0.717) is 17.1 Å². The zero-order chi connectivity index (χ0) is 14.7. The molecule has 20 heavy (non-hydrogen) atoms. The van der Waals surface area contributed by atoms with Crippen LogP contribution < -0.4 is 4.74 Å². The molecule has 1 saturated heterocycles. The predicted molar refractivity (Wildman–Crippen MR) is 80.7 cm³/mol. The van der Waals surface area contributed by atoms with E-state index in [2.05, 4.69) is 0 Å². The number of carbonyl (C=O) groups is 1. The molecule has 110 valence electrons. The predicted octanol–water partition coefficient (Wildman–Crippen LogP) is 1.99. The third-order valence-corrected chi connectivity index (χ3v) is 5.27. The third-order valence-electron chi connectivity index (χ3n) is 3.89. The van der Waals surface area contributed by atoms with Crippen molar-refractivity contribution < 1.29 is 13.7 Å². The molecule has 5 heteroatoms. The summed E-state index contributed by atoms with van der Waals surface area (Å²) in [5, 5.41) is 0. The molecular weight excluding hydrogens is 274 g/mol. The van der Waals surface area contributed by atoms with Gasteiger partial charge in [-0.05, 0) is 43.5 Å². The Labute approximate surface area is 122 Å². The van der Waals surface area contributed by atoms with Gasteiger partial charge in [0, 0.05) is 41.0 Å². The SMILES string of the molecule is COc1ccc(C(=O)N(C)C2CCS(=O)CC2)c(C)c1. The Hall–Kier alpha value is -1.36. The summed E-state index contributed by atoms with van der Waals surface area (Å²) in [6, 6.07) is 5.69. The Morgan fingerprint density at radius 3 is 2.55 bits per heavy atom. The minimum Gasteiger partial charge on any atom is -0.497 e. The summed E-state index contributed by atoms with van der Waals surface area (Å²) in [5.41, 5.74) is 1.63. The highest BCUT2D eigenvalue weighted by Gasteiger charge is 2.26. The highest BCUT2D eigenvalue weighted by Crippen LogP contribution is 2.21. The molecule has 0 saturated carbocycles. The van der Waals surface area contributed by atoms with E-state index >= 15 is 0 Å². The van der Waals surface area contributed by atoms with Crippen LogP contribution in [0.2, 0.25) is 0 Å². The van der Waals surface area contributed by atoms with Gasteiger partial charge in [-0.25, -0.2) is 0 Å². The minimum atomic E-state index is -0.698. The number of rotatable bonds is 3. The van der Waals surface area contributed by atoms with Crippen LogP contribution >= 0.6 is 0 Å². The van der Waals surface area contributed by atoms with E-state index < -0.39 is 10.8 Å². The standard InChI is InChI=1S/C15H21NO3S/c1-11-10-13(19-3)4-5-14(11)15(17)16(2)12-6-8-20(18)9-7-12/h4-5,10,12H,6-9H2,1-3H3. The number of hydrogen-bond donors (Lipinski definition) is 0. The largest absolute Gasteiger partial charge is 0.497 e. The maximum absolute atomic E-state index is 12.6. The van der Waals surface area contributed by atoms with E-state index in [4.69, 9.17) is 4.74 Å². The molecule has 1 aliphatic heterocycles. The number of aryl methyl sites for hydroxylation is 1. The third kappa shape index (κ3) is 3.20. The van der Waals surface area contributed by atoms with Crippen molar-refractivity contribution in [2.75, 3.05) is 25.7 Å². The molecule has 1 aromatic carbocycles. The van der Waals surface area contributed by atoms with E-state index in [1.165, 1.54) is 0 Å². The van der Waals surface area contributed by atoms with Crippen molar-refractivity contribution in [3.63, 3.8) is 0 Å². The average Bonchev–Trinajstić information content (AvgIpc) is 2.46. The van der Waals surface area contributed by atoms with Crippen LogP contribution in [-0.4, -0.2) is 46.7 Å². The lowest BCUT2D eigenvalue weighted by atomic mass is 10.0. The van der Waals surface area contributed by atoms with Crippen molar-refractivity contribution in [1.82, 2.24) is 4.90 Å². The molecule has 0 bridgehead atoms. The molecule has 1 amide bonds. The van der Waals surface area contributed by atoms with Gasteiger partial charge in [-0.15, -0.1) is 0 Å². The van der Waals surface area contributed by atoms with Crippen molar-refractivity contribution in [3.8, 4) is 5.75 Å². The first-order valence-electron chi connectivity index (χ1n) is 6.79. The fraction of sp³-hybridized carbons (Fsp3) is 0.533. The Balaban J connectivity index is 2.12. The Bertz CT molecular complexity index is 520. The number of carbonyl (C=O) groups excluding carboxylic acids is 1. The first-order chi connectivity index (χ1) is 9.52. The molecule has 0 aliphatic carbocycles. The van der Waals surface area contributed by atoms with Gasteiger partial charge in [-0.3, -0.25) is 9.00 Å². The first kappa shape index (κ1) is 15.0. The second-order valence-corrected chi connectivity index (χ2v) is 6.87. The van der Waals surface area contributed by atoms with Crippen LogP contribution in [0.4, 0.5) is 0 Å². The van der Waals surface area contributed by atoms with Crippen molar-refractivity contribution in [3.05, 3.63) is 29.3 Å². The number of amides is 1. The van der Waals surface area contributed by atoms with Crippen LogP contribution in [0.15, 0.2) is 18.2 Å². The fourth-order valence-electron chi connectivity index (χ4n) is 2.53. The van der Waals surface area contributed by atoms with Gasteiger partial charge >= 0.3 is 0 Å². The highest BCUT2D eigenvalue weighted by molar-refractivity contribution is 7.85. The maximum atomic E-state index is 12.6. The van der Waals surface area contributed by atoms with Gasteiger partial charge in [0.05, 0.1) is 7.11 Å². The lowest BCUT2D eigenvalue weighted by molar-refractivity contribution is 0.0722. The normalized spacial score (nSPS) is 22.4. The van der Waals surface area contributed by atoms with Crippen LogP contribution in [0.1, 0.15) is 28.8 Å². The summed E-state index contributed by atoms with van der Waals surface area (Å²) in [4.78, 5) is 14.4. The van der Waals surface area contributed by atoms with Gasteiger partial charge in [0.2, 0.25) is 0 Å². The van der Waals surface area contributed by atoms with E-state index in [1.807, 2.05) is 32.2 Å². The topological polar surface area (TPSA) is 46.6 Å². The van der Waals surface area contributed by atoms with Crippen LogP contribution in [0.25, 0.3) is 0 Å². The van der Waals surface area contributed by atoms with E-state index in [-0.39, 0.29) is 11.9 Å². The summed E-state index contributed by atoms with van der Waals surface area (Å²) in [6.45, 7) is 1.92. The second kappa shape index (κ2) is 6.39. The van der Waals surface area contributed by atoms with Crippen LogP contribution in [0.5, 0.6) is 5.75 Å². The summed E-state index contributed by atoms with van der Waals surface area (Å²) < 4.78 is 16.5. The molecule has 1 aromatic rings. The summed E-state index contributed by atoms with van der Waals surface area (Å²) in [6.07, 6.45) is 1.65. The molecule has 0 radical (unpaired) electrons. The average molecular weight is 295 g/mol. The Morgan fingerprint density at radius 1 is 1.35 bits per heavy atom. The number of methoxy groups -OCH3 is 1. The zero-order valence-electron chi connectivity index (χ0n) is 12.2. The maximum Gasteiger partial charge on any atom is 0.254 e. The lowest BCUT2D eigenvalue weighted by Gasteiger charge is -2.31. The quantitative estimate of drug-likeness (QED) is 0.856. The summed E-state index contributed by atoms with van der Waals surface area (Å²) in [7, 11) is 2.76. The molecule has 0 N–H and O–H groups in total. The van der Waals surface area contributed by atoms with Crippen molar-refractivity contribution in [2.24, 2.45) is 0 Å². The van der Waals surface area contributed by atoms with Gasteiger partial charge < -0.3 is 9.64 Å². The Morgan fingerprint density at radius 2 is 2.00 bits per heavy atom. The molecular formula is C15H21NO3S. The molecule has 4 nitrogen and oxygen atoms in total. The molecule has 0 unspecified atom stereocenters. The number of ether oxygens (including phenoxy) is 1. The van der Waals surface area contributed by atoms with Crippen molar-refractivity contribution >= 4 is 16.7 Å². The molecule has 1 heterocycles. The van der Waals surface area contributed by atoms with Crippen molar-refractivity contribution in [2.45, 2.75) is 25.8 Å². The van der Waals surface area contributed by atoms with Gasteiger partial charge in [0.1, 0.15) is 5.75 Å². The van der Waals surface area contributed by atoms with Gasteiger partial charge in [-0.1, -0.05) is 0 Å². The Kier molecular flexibility index (Phi) is 4.81. The van der Waals surface area contributed by atoms with Crippen LogP contribution in [0, 0.1) is 6.92 Å². The monoisotopic (exact) mass is 295 g/mol. The zero-order valence-corrected chi connectivity index (χ0v) is 13.0. The smallest absolute Gasteiger partial charge is 0.254 e. The molecule has 2 rings (SSSR count). The number of hydrogen-bond acceptors (Lipinski definition) is 3. The van der Waals surface area contributed by atoms with Gasteiger partial charge in [-0.2, -0.15) is 0 Å². The van der Waals surface area contributed by atoms with Crippen LogP contribution in [-0.2, 0) is 10.8 Å². The summed E-state index contributed by atoms with van der Waals surface area (Å²) >= 11 is 0. The minimum absolute atomic E-state index is 0.0304. The molecule has 0 spiro atoms. The lowest BCUT2D eigenvalue weighted by Crippen LogP contribution is -2.41. The molecule has 1 aliphatic rings.